The fourth-order valence-corrected chi connectivity index (χ4v) is 2.88. The van der Waals surface area contributed by atoms with E-state index < -0.39 is 0 Å². The monoisotopic (exact) mass is 342 g/mol. The van der Waals surface area contributed by atoms with Crippen molar-refractivity contribution in [1.29, 1.82) is 0 Å². The number of hydrogen-bond acceptors (Lipinski definition) is 3. The van der Waals surface area contributed by atoms with Gasteiger partial charge in [0.1, 0.15) is 0 Å². The molecule has 2 heterocycles. The summed E-state index contributed by atoms with van der Waals surface area (Å²) < 4.78 is 2.96. The van der Waals surface area contributed by atoms with Gasteiger partial charge in [0.15, 0.2) is 0 Å². The molecule has 19 heavy (non-hydrogen) atoms. The minimum absolute atomic E-state index is 0.126. The highest BCUT2D eigenvalue weighted by Crippen LogP contribution is 2.28. The molecule has 2 aromatic heterocycles. The Labute approximate surface area is 126 Å². The molecule has 1 atom stereocenters. The van der Waals surface area contributed by atoms with Crippen molar-refractivity contribution in [3.8, 4) is 0 Å². The van der Waals surface area contributed by atoms with Crippen molar-refractivity contribution in [2.24, 2.45) is 7.05 Å². The maximum atomic E-state index is 6.21. The van der Waals surface area contributed by atoms with Gasteiger partial charge in [-0.15, -0.1) is 0 Å². The second kappa shape index (κ2) is 6.03. The number of aryl methyl sites for hydroxylation is 2. The van der Waals surface area contributed by atoms with Gasteiger partial charge in [0, 0.05) is 31.9 Å². The largest absolute Gasteiger partial charge is 0.313 e. The summed E-state index contributed by atoms with van der Waals surface area (Å²) in [6, 6.07) is 2.07. The summed E-state index contributed by atoms with van der Waals surface area (Å²) in [5.41, 5.74) is 3.18. The van der Waals surface area contributed by atoms with Gasteiger partial charge in [0.25, 0.3) is 0 Å². The van der Waals surface area contributed by atoms with E-state index in [1.165, 1.54) is 0 Å². The summed E-state index contributed by atoms with van der Waals surface area (Å²) >= 11 is 9.81. The molecule has 0 saturated heterocycles. The molecule has 0 aliphatic carbocycles. The molecule has 1 unspecified atom stereocenters. The van der Waals surface area contributed by atoms with Gasteiger partial charge >= 0.3 is 0 Å². The van der Waals surface area contributed by atoms with Gasteiger partial charge in [-0.2, -0.15) is 5.10 Å². The molecule has 2 rings (SSSR count). The predicted octanol–water partition coefficient (Wildman–Crippen LogP) is 3.04. The van der Waals surface area contributed by atoms with E-state index in [1.54, 1.807) is 12.4 Å². The quantitative estimate of drug-likeness (QED) is 0.928. The minimum Gasteiger partial charge on any atom is -0.313 e. The first-order chi connectivity index (χ1) is 9.04. The first-order valence-corrected chi connectivity index (χ1v) is 7.16. The van der Waals surface area contributed by atoms with Crippen LogP contribution in [0.5, 0.6) is 0 Å². The smallest absolute Gasteiger partial charge is 0.0738 e. The molecular formula is C13H16BrClN4. The van der Waals surface area contributed by atoms with Gasteiger partial charge in [0.2, 0.25) is 0 Å². The molecule has 0 fully saturated rings. The van der Waals surface area contributed by atoms with Crippen LogP contribution in [0, 0.1) is 6.92 Å². The minimum atomic E-state index is 0.126. The third-order valence-electron chi connectivity index (χ3n) is 3.19. The van der Waals surface area contributed by atoms with Crippen LogP contribution in [-0.2, 0) is 13.5 Å². The third kappa shape index (κ3) is 2.99. The second-order valence-electron chi connectivity index (χ2n) is 4.41. The molecule has 0 spiro atoms. The predicted molar refractivity (Wildman–Crippen MR) is 80.4 cm³/mol. The average Bonchev–Trinajstić information content (AvgIpc) is 2.63. The molecule has 6 heteroatoms. The Balaban J connectivity index is 2.32. The van der Waals surface area contributed by atoms with Gasteiger partial charge in [-0.3, -0.25) is 9.67 Å². The highest BCUT2D eigenvalue weighted by Gasteiger charge is 2.18. The van der Waals surface area contributed by atoms with Crippen molar-refractivity contribution < 1.29 is 0 Å². The molecule has 0 radical (unpaired) electrons. The summed E-state index contributed by atoms with van der Waals surface area (Å²) in [6.45, 7) is 1.99. The number of pyridine rings is 1. The lowest BCUT2D eigenvalue weighted by Crippen LogP contribution is -2.20. The molecule has 0 bridgehead atoms. The molecule has 0 aliphatic heterocycles. The van der Waals surface area contributed by atoms with Gasteiger partial charge in [-0.25, -0.2) is 0 Å². The summed E-state index contributed by atoms with van der Waals surface area (Å²) in [5.74, 6) is 0. The van der Waals surface area contributed by atoms with Crippen LogP contribution in [0.3, 0.4) is 0 Å². The maximum absolute atomic E-state index is 6.21. The van der Waals surface area contributed by atoms with E-state index in [9.17, 15) is 0 Å². The lowest BCUT2D eigenvalue weighted by Gasteiger charge is -2.18. The van der Waals surface area contributed by atoms with Crippen molar-refractivity contribution >= 4 is 27.5 Å². The van der Waals surface area contributed by atoms with E-state index in [1.807, 2.05) is 31.8 Å². The Kier molecular flexibility index (Phi) is 4.60. The van der Waals surface area contributed by atoms with Crippen molar-refractivity contribution in [3.63, 3.8) is 0 Å². The number of likely N-dealkylation sites (N-methyl/N-ethyl adjacent to an activating group) is 1. The Bertz CT molecular complexity index is 582. The molecule has 0 aromatic carbocycles. The summed E-state index contributed by atoms with van der Waals surface area (Å²) in [5, 5.41) is 8.39. The molecule has 4 nitrogen and oxygen atoms in total. The summed E-state index contributed by atoms with van der Waals surface area (Å²) in [7, 11) is 3.88. The fraction of sp³-hybridized carbons (Fsp3) is 0.385. The van der Waals surface area contributed by atoms with Gasteiger partial charge in [-0.1, -0.05) is 11.6 Å². The highest BCUT2D eigenvalue weighted by molar-refractivity contribution is 9.10. The van der Waals surface area contributed by atoms with Crippen LogP contribution >= 0.6 is 27.5 Å². The van der Waals surface area contributed by atoms with Crippen molar-refractivity contribution in [3.05, 3.63) is 44.9 Å². The zero-order chi connectivity index (χ0) is 14.0. The first-order valence-electron chi connectivity index (χ1n) is 5.99. The molecule has 2 aromatic rings. The molecule has 0 saturated carbocycles. The normalized spacial score (nSPS) is 12.7. The lowest BCUT2D eigenvalue weighted by molar-refractivity contribution is 0.560. The third-order valence-corrected chi connectivity index (χ3v) is 4.53. The number of hydrogen-bond donors (Lipinski definition) is 1. The average molecular weight is 344 g/mol. The number of halogens is 2. The fourth-order valence-electron chi connectivity index (χ4n) is 2.13. The lowest BCUT2D eigenvalue weighted by atomic mass is 10.0. The number of nitrogens with one attached hydrogen (secondary N) is 1. The zero-order valence-electron chi connectivity index (χ0n) is 11.1. The van der Waals surface area contributed by atoms with Crippen LogP contribution in [0.4, 0.5) is 0 Å². The van der Waals surface area contributed by atoms with Crippen LogP contribution in [0.2, 0.25) is 5.02 Å². The van der Waals surface area contributed by atoms with Gasteiger partial charge < -0.3 is 5.32 Å². The van der Waals surface area contributed by atoms with Crippen molar-refractivity contribution in [2.75, 3.05) is 7.05 Å². The van der Waals surface area contributed by atoms with E-state index in [0.717, 1.165) is 27.8 Å². The molecular weight excluding hydrogens is 328 g/mol. The van der Waals surface area contributed by atoms with Gasteiger partial charge in [0.05, 0.1) is 20.9 Å². The van der Waals surface area contributed by atoms with Gasteiger partial charge in [-0.05, 0) is 41.5 Å². The van der Waals surface area contributed by atoms with Crippen LogP contribution in [0.25, 0.3) is 0 Å². The molecule has 0 aliphatic rings. The van der Waals surface area contributed by atoms with Crippen LogP contribution < -0.4 is 5.32 Å². The maximum Gasteiger partial charge on any atom is 0.0738 e. The van der Waals surface area contributed by atoms with Crippen LogP contribution in [-0.4, -0.2) is 21.8 Å². The Morgan fingerprint density at radius 3 is 2.79 bits per heavy atom. The van der Waals surface area contributed by atoms with E-state index in [0.29, 0.717) is 5.02 Å². The Hall–Kier alpha value is -0.910. The molecule has 1 N–H and O–H groups in total. The molecule has 102 valence electrons. The first kappa shape index (κ1) is 14.5. The van der Waals surface area contributed by atoms with E-state index in [4.69, 9.17) is 11.6 Å². The standard InChI is InChI=1S/C13H16BrClN4/c1-8-13(14)12(19(3)18-8)6-11(16-2)9-4-5-17-7-10(9)15/h4-5,7,11,16H,6H2,1-3H3. The van der Waals surface area contributed by atoms with Crippen LogP contribution in [0.15, 0.2) is 22.9 Å². The van der Waals surface area contributed by atoms with Crippen molar-refractivity contribution in [1.82, 2.24) is 20.1 Å². The van der Waals surface area contributed by atoms with E-state index in [2.05, 4.69) is 31.3 Å². The zero-order valence-corrected chi connectivity index (χ0v) is 13.5. The second-order valence-corrected chi connectivity index (χ2v) is 5.61. The number of rotatable bonds is 4. The topological polar surface area (TPSA) is 42.7 Å². The number of aromatic nitrogens is 3. The summed E-state index contributed by atoms with van der Waals surface area (Å²) in [6.07, 6.45) is 4.23. The highest BCUT2D eigenvalue weighted by atomic mass is 79.9. The Morgan fingerprint density at radius 2 is 2.26 bits per heavy atom. The molecule has 0 amide bonds. The van der Waals surface area contributed by atoms with Crippen LogP contribution in [0.1, 0.15) is 23.0 Å². The van der Waals surface area contributed by atoms with E-state index in [-0.39, 0.29) is 6.04 Å². The Morgan fingerprint density at radius 1 is 1.53 bits per heavy atom. The SMILES string of the molecule is CNC(Cc1c(Br)c(C)nn1C)c1ccncc1Cl. The summed E-state index contributed by atoms with van der Waals surface area (Å²) in [4.78, 5) is 4.02. The van der Waals surface area contributed by atoms with E-state index >= 15 is 0 Å². The number of nitrogens with zero attached hydrogens (tertiary/aromatic N) is 3. The van der Waals surface area contributed by atoms with Crippen molar-refractivity contribution in [2.45, 2.75) is 19.4 Å².